The normalized spacial score (nSPS) is 21.1. The van der Waals surface area contributed by atoms with Gasteiger partial charge in [-0.05, 0) is 25.0 Å². The molecule has 0 aromatic heterocycles. The largest absolute Gasteiger partial charge is 0.496 e. The molecule has 1 aromatic rings. The first kappa shape index (κ1) is 18.8. The standard InChI is InChI=1S/C20H21NO6/c1-26-17-9-5-4-8-15(17)16(22)12-27-18(23)10-11-21-19(24)13-6-2-3-7-14(13)20(21)25/h2-5,8-9,13-14H,6-7,10-12H2,1H3/t13-,14+. The highest BCUT2D eigenvalue weighted by atomic mass is 16.5. The number of carbonyl (C=O) groups is 4. The fourth-order valence-corrected chi connectivity index (χ4v) is 3.46. The van der Waals surface area contributed by atoms with E-state index in [9.17, 15) is 19.2 Å². The molecule has 1 aromatic carbocycles. The lowest BCUT2D eigenvalue weighted by Crippen LogP contribution is -2.33. The summed E-state index contributed by atoms with van der Waals surface area (Å²) in [7, 11) is 1.45. The number of benzene rings is 1. The van der Waals surface area contributed by atoms with Crippen LogP contribution >= 0.6 is 0 Å². The van der Waals surface area contributed by atoms with Crippen molar-refractivity contribution >= 4 is 23.6 Å². The molecule has 1 heterocycles. The second kappa shape index (κ2) is 8.16. The quantitative estimate of drug-likeness (QED) is 0.314. The summed E-state index contributed by atoms with van der Waals surface area (Å²) in [5.74, 6) is -1.70. The number of carbonyl (C=O) groups excluding carboxylic acids is 4. The number of amides is 2. The number of imide groups is 1. The topological polar surface area (TPSA) is 90.0 Å². The Morgan fingerprint density at radius 3 is 2.33 bits per heavy atom. The predicted octanol–water partition coefficient (Wildman–Crippen LogP) is 1.76. The Labute approximate surface area is 156 Å². The van der Waals surface area contributed by atoms with Crippen LogP contribution in [0.25, 0.3) is 0 Å². The van der Waals surface area contributed by atoms with Gasteiger partial charge in [-0.2, -0.15) is 0 Å². The molecule has 0 spiro atoms. The van der Waals surface area contributed by atoms with E-state index >= 15 is 0 Å². The van der Waals surface area contributed by atoms with Crippen LogP contribution in [0.1, 0.15) is 29.6 Å². The van der Waals surface area contributed by atoms with Crippen molar-refractivity contribution in [3.8, 4) is 5.75 Å². The van der Waals surface area contributed by atoms with Crippen molar-refractivity contribution in [2.45, 2.75) is 19.3 Å². The minimum Gasteiger partial charge on any atom is -0.496 e. The van der Waals surface area contributed by atoms with Crippen LogP contribution < -0.4 is 4.74 Å². The van der Waals surface area contributed by atoms with Crippen LogP contribution in [0.5, 0.6) is 5.75 Å². The molecule has 0 unspecified atom stereocenters. The molecule has 1 aliphatic carbocycles. The lowest BCUT2D eigenvalue weighted by atomic mass is 9.85. The van der Waals surface area contributed by atoms with Crippen LogP contribution in [0.2, 0.25) is 0 Å². The number of likely N-dealkylation sites (tertiary alicyclic amines) is 1. The second-order valence-corrected chi connectivity index (χ2v) is 6.52. The Bertz CT molecular complexity index is 773. The summed E-state index contributed by atoms with van der Waals surface area (Å²) in [4.78, 5) is 49.9. The molecule has 7 heteroatoms. The smallest absolute Gasteiger partial charge is 0.308 e. The second-order valence-electron chi connectivity index (χ2n) is 6.52. The maximum absolute atomic E-state index is 12.3. The molecular weight excluding hydrogens is 350 g/mol. The van der Waals surface area contributed by atoms with Gasteiger partial charge in [-0.25, -0.2) is 0 Å². The number of ether oxygens (including phenoxy) is 2. The van der Waals surface area contributed by atoms with Gasteiger partial charge in [-0.1, -0.05) is 24.3 Å². The SMILES string of the molecule is COc1ccccc1C(=O)COC(=O)CCN1C(=O)[C@H]2CC=CC[C@H]2C1=O. The summed E-state index contributed by atoms with van der Waals surface area (Å²) >= 11 is 0. The first-order valence-electron chi connectivity index (χ1n) is 8.85. The number of esters is 1. The van der Waals surface area contributed by atoms with Crippen molar-refractivity contribution < 1.29 is 28.7 Å². The fourth-order valence-electron chi connectivity index (χ4n) is 3.46. The average molecular weight is 371 g/mol. The summed E-state index contributed by atoms with van der Waals surface area (Å²) in [5, 5.41) is 0. The summed E-state index contributed by atoms with van der Waals surface area (Å²) in [6.07, 6.45) is 4.80. The zero-order valence-corrected chi connectivity index (χ0v) is 15.1. The molecule has 0 saturated carbocycles. The molecular formula is C20H21NO6. The van der Waals surface area contributed by atoms with Gasteiger partial charge in [-0.3, -0.25) is 24.1 Å². The van der Waals surface area contributed by atoms with Gasteiger partial charge < -0.3 is 9.47 Å². The summed E-state index contributed by atoms with van der Waals surface area (Å²) in [5.41, 5.74) is 0.328. The summed E-state index contributed by atoms with van der Waals surface area (Å²) in [6.45, 7) is -0.442. The van der Waals surface area contributed by atoms with Crippen LogP contribution in [0.3, 0.4) is 0 Å². The van der Waals surface area contributed by atoms with Gasteiger partial charge in [0.1, 0.15) is 5.75 Å². The molecule has 3 rings (SSSR count). The number of ketones is 1. The minimum absolute atomic E-state index is 0.0215. The molecule has 2 amide bonds. The van der Waals surface area contributed by atoms with Gasteiger partial charge in [0.15, 0.2) is 6.61 Å². The van der Waals surface area contributed by atoms with Crippen molar-refractivity contribution in [1.29, 1.82) is 0 Å². The first-order chi connectivity index (χ1) is 13.0. The third kappa shape index (κ3) is 3.92. The number of nitrogens with zero attached hydrogens (tertiary/aromatic N) is 1. The number of hydrogen-bond acceptors (Lipinski definition) is 6. The molecule has 1 saturated heterocycles. The first-order valence-corrected chi connectivity index (χ1v) is 8.85. The zero-order chi connectivity index (χ0) is 19.4. The molecule has 27 heavy (non-hydrogen) atoms. The van der Waals surface area contributed by atoms with E-state index < -0.39 is 12.6 Å². The fraction of sp³-hybridized carbons (Fsp3) is 0.400. The van der Waals surface area contributed by atoms with Crippen molar-refractivity contribution in [3.63, 3.8) is 0 Å². The van der Waals surface area contributed by atoms with Crippen molar-refractivity contribution in [2.24, 2.45) is 11.8 Å². The van der Waals surface area contributed by atoms with E-state index in [4.69, 9.17) is 9.47 Å². The van der Waals surface area contributed by atoms with Crippen LogP contribution in [-0.4, -0.2) is 48.7 Å². The number of fused-ring (bicyclic) bond motifs is 1. The van der Waals surface area contributed by atoms with Crippen LogP contribution in [-0.2, 0) is 19.1 Å². The van der Waals surface area contributed by atoms with Gasteiger partial charge in [0.25, 0.3) is 0 Å². The Balaban J connectivity index is 1.49. The number of para-hydroxylation sites is 1. The van der Waals surface area contributed by atoms with E-state index in [0.717, 1.165) is 4.90 Å². The Hall–Kier alpha value is -2.96. The Kier molecular flexibility index (Phi) is 5.69. The molecule has 2 atom stereocenters. The predicted molar refractivity (Wildman–Crippen MR) is 95.0 cm³/mol. The Morgan fingerprint density at radius 1 is 1.07 bits per heavy atom. The number of Topliss-reactive ketones (excluding diaryl/α,β-unsaturated/α-hetero) is 1. The van der Waals surface area contributed by atoms with Gasteiger partial charge in [0, 0.05) is 6.54 Å². The lowest BCUT2D eigenvalue weighted by Gasteiger charge is -2.14. The van der Waals surface area contributed by atoms with Gasteiger partial charge in [0.05, 0.1) is 30.9 Å². The van der Waals surface area contributed by atoms with Gasteiger partial charge >= 0.3 is 5.97 Å². The summed E-state index contributed by atoms with van der Waals surface area (Å²) < 4.78 is 10.1. The molecule has 1 fully saturated rings. The maximum atomic E-state index is 12.3. The molecule has 0 N–H and O–H groups in total. The maximum Gasteiger partial charge on any atom is 0.308 e. The van der Waals surface area contributed by atoms with Gasteiger partial charge in [0.2, 0.25) is 17.6 Å². The van der Waals surface area contributed by atoms with E-state index in [1.54, 1.807) is 24.3 Å². The van der Waals surface area contributed by atoms with Crippen LogP contribution in [0.15, 0.2) is 36.4 Å². The van der Waals surface area contributed by atoms with E-state index in [1.165, 1.54) is 7.11 Å². The summed E-state index contributed by atoms with van der Waals surface area (Å²) in [6, 6.07) is 6.66. The van der Waals surface area contributed by atoms with Crippen LogP contribution in [0, 0.1) is 11.8 Å². The highest BCUT2D eigenvalue weighted by molar-refractivity contribution is 6.05. The lowest BCUT2D eigenvalue weighted by molar-refractivity contribution is -0.145. The molecule has 1 aliphatic heterocycles. The molecule has 0 bridgehead atoms. The molecule has 7 nitrogen and oxygen atoms in total. The zero-order valence-electron chi connectivity index (χ0n) is 15.1. The highest BCUT2D eigenvalue weighted by Crippen LogP contribution is 2.35. The number of methoxy groups -OCH3 is 1. The third-order valence-corrected chi connectivity index (χ3v) is 4.91. The molecule has 0 radical (unpaired) electrons. The van der Waals surface area contributed by atoms with Crippen LogP contribution in [0.4, 0.5) is 0 Å². The average Bonchev–Trinajstić information content (AvgIpc) is 2.95. The van der Waals surface area contributed by atoms with E-state index in [-0.39, 0.29) is 42.4 Å². The van der Waals surface area contributed by atoms with Crippen molar-refractivity contribution in [2.75, 3.05) is 20.3 Å². The highest BCUT2D eigenvalue weighted by Gasteiger charge is 2.46. The van der Waals surface area contributed by atoms with E-state index in [1.807, 2.05) is 12.2 Å². The van der Waals surface area contributed by atoms with E-state index in [0.29, 0.717) is 24.2 Å². The molecule has 142 valence electrons. The molecule has 2 aliphatic rings. The van der Waals surface area contributed by atoms with Crippen molar-refractivity contribution in [3.05, 3.63) is 42.0 Å². The Morgan fingerprint density at radius 2 is 1.70 bits per heavy atom. The number of allylic oxidation sites excluding steroid dienone is 2. The monoisotopic (exact) mass is 371 g/mol. The number of hydrogen-bond donors (Lipinski definition) is 0. The third-order valence-electron chi connectivity index (χ3n) is 4.91. The van der Waals surface area contributed by atoms with Crippen molar-refractivity contribution in [1.82, 2.24) is 4.90 Å². The van der Waals surface area contributed by atoms with Gasteiger partial charge in [-0.15, -0.1) is 0 Å². The van der Waals surface area contributed by atoms with E-state index in [2.05, 4.69) is 0 Å². The minimum atomic E-state index is -0.633. The number of rotatable bonds is 7.